The SMILES string of the molecule is O=Cc1cccc(-c2ccc(C(F)(F)F)cn2)c1. The van der Waals surface area contributed by atoms with E-state index in [1.54, 1.807) is 24.3 Å². The van der Waals surface area contributed by atoms with Crippen LogP contribution in [0.4, 0.5) is 13.2 Å². The molecule has 0 atom stereocenters. The van der Waals surface area contributed by atoms with Gasteiger partial charge in [0.25, 0.3) is 0 Å². The number of hydrogen-bond donors (Lipinski definition) is 0. The largest absolute Gasteiger partial charge is 0.417 e. The van der Waals surface area contributed by atoms with Crippen LogP contribution in [0.2, 0.25) is 0 Å². The van der Waals surface area contributed by atoms with Crippen LogP contribution >= 0.6 is 0 Å². The fourth-order valence-corrected chi connectivity index (χ4v) is 1.50. The lowest BCUT2D eigenvalue weighted by Crippen LogP contribution is -2.05. The Kier molecular flexibility index (Phi) is 3.14. The first kappa shape index (κ1) is 12.3. The number of carbonyl (C=O) groups excluding carboxylic acids is 1. The van der Waals surface area contributed by atoms with Crippen molar-refractivity contribution in [3.8, 4) is 11.3 Å². The van der Waals surface area contributed by atoms with Gasteiger partial charge >= 0.3 is 6.18 Å². The molecule has 0 fully saturated rings. The Bertz CT molecular complexity index is 561. The van der Waals surface area contributed by atoms with Gasteiger partial charge in [0.1, 0.15) is 6.29 Å². The summed E-state index contributed by atoms with van der Waals surface area (Å²) >= 11 is 0. The molecule has 0 aliphatic heterocycles. The maximum Gasteiger partial charge on any atom is 0.417 e. The lowest BCUT2D eigenvalue weighted by molar-refractivity contribution is -0.137. The number of carbonyl (C=O) groups is 1. The van der Waals surface area contributed by atoms with Gasteiger partial charge in [0.15, 0.2) is 0 Å². The minimum atomic E-state index is -4.39. The summed E-state index contributed by atoms with van der Waals surface area (Å²) in [4.78, 5) is 14.4. The van der Waals surface area contributed by atoms with E-state index in [0.29, 0.717) is 23.1 Å². The number of aldehydes is 1. The van der Waals surface area contributed by atoms with Crippen molar-refractivity contribution in [3.63, 3.8) is 0 Å². The summed E-state index contributed by atoms with van der Waals surface area (Å²) in [6, 6.07) is 8.77. The van der Waals surface area contributed by atoms with E-state index in [-0.39, 0.29) is 0 Å². The molecule has 2 aromatic rings. The van der Waals surface area contributed by atoms with E-state index in [2.05, 4.69) is 4.98 Å². The highest BCUT2D eigenvalue weighted by atomic mass is 19.4. The van der Waals surface area contributed by atoms with Crippen LogP contribution in [0.3, 0.4) is 0 Å². The summed E-state index contributed by atoms with van der Waals surface area (Å²) < 4.78 is 37.1. The van der Waals surface area contributed by atoms with E-state index in [1.807, 2.05) is 0 Å². The van der Waals surface area contributed by atoms with Crippen LogP contribution in [0, 0.1) is 0 Å². The summed E-state index contributed by atoms with van der Waals surface area (Å²) in [7, 11) is 0. The standard InChI is InChI=1S/C13H8F3NO/c14-13(15,16)11-4-5-12(17-7-11)10-3-1-2-9(6-10)8-18/h1-8H. The molecule has 0 saturated heterocycles. The van der Waals surface area contributed by atoms with Crippen molar-refractivity contribution in [2.24, 2.45) is 0 Å². The van der Waals surface area contributed by atoms with Gasteiger partial charge in [-0.25, -0.2) is 0 Å². The number of aromatic nitrogens is 1. The zero-order chi connectivity index (χ0) is 13.2. The first-order chi connectivity index (χ1) is 8.50. The molecule has 0 bridgehead atoms. The summed E-state index contributed by atoms with van der Waals surface area (Å²) in [6.07, 6.45) is -2.94. The highest BCUT2D eigenvalue weighted by molar-refractivity contribution is 5.78. The number of rotatable bonds is 2. The number of nitrogens with zero attached hydrogens (tertiary/aromatic N) is 1. The van der Waals surface area contributed by atoms with E-state index in [9.17, 15) is 18.0 Å². The summed E-state index contributed by atoms with van der Waals surface area (Å²) in [5.41, 5.74) is 0.659. The summed E-state index contributed by atoms with van der Waals surface area (Å²) in [5, 5.41) is 0. The normalized spacial score (nSPS) is 11.3. The van der Waals surface area contributed by atoms with E-state index >= 15 is 0 Å². The van der Waals surface area contributed by atoms with Gasteiger partial charge in [0.05, 0.1) is 11.3 Å². The number of pyridine rings is 1. The average Bonchev–Trinajstić information content (AvgIpc) is 2.38. The second-order valence-corrected chi connectivity index (χ2v) is 3.67. The second kappa shape index (κ2) is 4.60. The first-order valence-corrected chi connectivity index (χ1v) is 5.09. The Hall–Kier alpha value is -2.17. The van der Waals surface area contributed by atoms with Gasteiger partial charge in [0, 0.05) is 17.3 Å². The molecule has 0 radical (unpaired) electrons. The van der Waals surface area contributed by atoms with Crippen LogP contribution in [-0.2, 0) is 6.18 Å². The molecular weight excluding hydrogens is 243 g/mol. The molecule has 1 heterocycles. The third-order valence-electron chi connectivity index (χ3n) is 2.41. The maximum atomic E-state index is 12.4. The molecule has 1 aromatic carbocycles. The molecule has 0 spiro atoms. The molecule has 0 N–H and O–H groups in total. The number of alkyl halides is 3. The Balaban J connectivity index is 2.37. The smallest absolute Gasteiger partial charge is 0.298 e. The van der Waals surface area contributed by atoms with Crippen LogP contribution in [0.15, 0.2) is 42.6 Å². The van der Waals surface area contributed by atoms with Crippen molar-refractivity contribution in [3.05, 3.63) is 53.7 Å². The third-order valence-corrected chi connectivity index (χ3v) is 2.41. The highest BCUT2D eigenvalue weighted by Crippen LogP contribution is 2.29. The van der Waals surface area contributed by atoms with Crippen molar-refractivity contribution in [2.45, 2.75) is 6.18 Å². The van der Waals surface area contributed by atoms with Crippen molar-refractivity contribution < 1.29 is 18.0 Å². The van der Waals surface area contributed by atoms with Gasteiger partial charge < -0.3 is 0 Å². The second-order valence-electron chi connectivity index (χ2n) is 3.67. The Morgan fingerprint density at radius 3 is 2.44 bits per heavy atom. The molecular formula is C13H8F3NO. The van der Waals surface area contributed by atoms with Crippen LogP contribution in [-0.4, -0.2) is 11.3 Å². The predicted molar refractivity (Wildman–Crippen MR) is 60.1 cm³/mol. The molecule has 0 amide bonds. The fraction of sp³-hybridized carbons (Fsp3) is 0.0769. The molecule has 0 aliphatic carbocycles. The van der Waals surface area contributed by atoms with Crippen LogP contribution in [0.25, 0.3) is 11.3 Å². The number of halogens is 3. The van der Waals surface area contributed by atoms with Crippen molar-refractivity contribution in [2.75, 3.05) is 0 Å². The van der Waals surface area contributed by atoms with Crippen LogP contribution in [0.1, 0.15) is 15.9 Å². The monoisotopic (exact) mass is 251 g/mol. The molecule has 5 heteroatoms. The zero-order valence-corrected chi connectivity index (χ0v) is 9.11. The van der Waals surface area contributed by atoms with Gasteiger partial charge in [-0.1, -0.05) is 18.2 Å². The van der Waals surface area contributed by atoms with Gasteiger partial charge in [0.2, 0.25) is 0 Å². The molecule has 0 aliphatic rings. The molecule has 1 aromatic heterocycles. The topological polar surface area (TPSA) is 30.0 Å². The molecule has 18 heavy (non-hydrogen) atoms. The van der Waals surface area contributed by atoms with Gasteiger partial charge in [-0.2, -0.15) is 13.2 Å². The van der Waals surface area contributed by atoms with Crippen molar-refractivity contribution in [1.82, 2.24) is 4.98 Å². The third kappa shape index (κ3) is 2.56. The fourth-order valence-electron chi connectivity index (χ4n) is 1.50. The molecule has 0 unspecified atom stereocenters. The number of hydrogen-bond acceptors (Lipinski definition) is 2. The van der Waals surface area contributed by atoms with E-state index in [0.717, 1.165) is 12.3 Å². The molecule has 2 nitrogen and oxygen atoms in total. The van der Waals surface area contributed by atoms with E-state index < -0.39 is 11.7 Å². The number of benzene rings is 1. The summed E-state index contributed by atoms with van der Waals surface area (Å²) in [6.45, 7) is 0. The first-order valence-electron chi connectivity index (χ1n) is 5.09. The van der Waals surface area contributed by atoms with E-state index in [4.69, 9.17) is 0 Å². The highest BCUT2D eigenvalue weighted by Gasteiger charge is 2.30. The molecule has 0 saturated carbocycles. The minimum absolute atomic E-state index is 0.395. The average molecular weight is 251 g/mol. The minimum Gasteiger partial charge on any atom is -0.298 e. The van der Waals surface area contributed by atoms with Crippen LogP contribution < -0.4 is 0 Å². The maximum absolute atomic E-state index is 12.4. The van der Waals surface area contributed by atoms with Crippen LogP contribution in [0.5, 0.6) is 0 Å². The molecule has 2 rings (SSSR count). The Labute approximate surface area is 101 Å². The Morgan fingerprint density at radius 1 is 1.11 bits per heavy atom. The van der Waals surface area contributed by atoms with Gasteiger partial charge in [-0.05, 0) is 18.2 Å². The lowest BCUT2D eigenvalue weighted by Gasteiger charge is -2.07. The predicted octanol–water partition coefficient (Wildman–Crippen LogP) is 3.58. The van der Waals surface area contributed by atoms with Crippen molar-refractivity contribution >= 4 is 6.29 Å². The zero-order valence-electron chi connectivity index (χ0n) is 9.11. The quantitative estimate of drug-likeness (QED) is 0.763. The Morgan fingerprint density at radius 2 is 1.89 bits per heavy atom. The molecule has 92 valence electrons. The van der Waals surface area contributed by atoms with Gasteiger partial charge in [-0.15, -0.1) is 0 Å². The van der Waals surface area contributed by atoms with Crippen molar-refractivity contribution in [1.29, 1.82) is 0 Å². The van der Waals surface area contributed by atoms with Gasteiger partial charge in [-0.3, -0.25) is 9.78 Å². The lowest BCUT2D eigenvalue weighted by atomic mass is 10.1. The summed E-state index contributed by atoms with van der Waals surface area (Å²) in [5.74, 6) is 0. The van der Waals surface area contributed by atoms with E-state index in [1.165, 1.54) is 6.07 Å².